The lowest BCUT2D eigenvalue weighted by Gasteiger charge is -2.17. The van der Waals surface area contributed by atoms with Crippen LogP contribution in [0.2, 0.25) is 0 Å². The number of aryl methyl sites for hydroxylation is 1. The van der Waals surface area contributed by atoms with Gasteiger partial charge in [-0.2, -0.15) is 5.10 Å². The molecule has 27 heavy (non-hydrogen) atoms. The summed E-state index contributed by atoms with van der Waals surface area (Å²) in [6, 6.07) is 15.3. The van der Waals surface area contributed by atoms with E-state index in [0.29, 0.717) is 12.2 Å². The number of anilines is 2. The van der Waals surface area contributed by atoms with Crippen molar-refractivity contribution < 1.29 is 9.59 Å². The number of nitrogens with zero attached hydrogens (tertiary/aromatic N) is 2. The van der Waals surface area contributed by atoms with Crippen LogP contribution in [0.25, 0.3) is 11.1 Å². The van der Waals surface area contributed by atoms with Crippen molar-refractivity contribution in [3.05, 3.63) is 66.5 Å². The molecule has 0 spiro atoms. The van der Waals surface area contributed by atoms with Crippen molar-refractivity contribution in [2.75, 3.05) is 16.8 Å². The fourth-order valence-corrected chi connectivity index (χ4v) is 3.33. The smallest absolute Gasteiger partial charge is 0.229 e. The first kappa shape index (κ1) is 17.0. The summed E-state index contributed by atoms with van der Waals surface area (Å²) < 4.78 is 0. The standard InChI is InChI=1S/C21H20N4O2/c1-14-6-8-17(9-7-14)25-13-15(10-20(25)26)21(27)24-19-5-3-2-4-18(19)16-11-22-23-12-16/h2-9,11-12,15H,10,13H2,1H3,(H,22,23)(H,24,27)/t15-/m0/s1. The molecule has 0 saturated carbocycles. The van der Waals surface area contributed by atoms with Gasteiger partial charge in [0.2, 0.25) is 11.8 Å². The molecule has 1 aliphatic heterocycles. The number of aromatic nitrogens is 2. The number of benzene rings is 2. The number of carbonyl (C=O) groups excluding carboxylic acids is 2. The zero-order chi connectivity index (χ0) is 18.8. The summed E-state index contributed by atoms with van der Waals surface area (Å²) in [6.45, 7) is 2.39. The molecule has 1 aliphatic rings. The van der Waals surface area contributed by atoms with E-state index in [1.165, 1.54) is 0 Å². The normalized spacial score (nSPS) is 16.6. The second-order valence-corrected chi connectivity index (χ2v) is 6.76. The van der Waals surface area contributed by atoms with E-state index < -0.39 is 0 Å². The van der Waals surface area contributed by atoms with Crippen LogP contribution in [-0.4, -0.2) is 28.6 Å². The van der Waals surface area contributed by atoms with Gasteiger partial charge < -0.3 is 10.2 Å². The molecule has 0 bridgehead atoms. The van der Waals surface area contributed by atoms with Gasteiger partial charge >= 0.3 is 0 Å². The van der Waals surface area contributed by atoms with Crippen LogP contribution in [0, 0.1) is 12.8 Å². The van der Waals surface area contributed by atoms with Crippen molar-refractivity contribution in [2.24, 2.45) is 5.92 Å². The molecule has 6 heteroatoms. The summed E-state index contributed by atoms with van der Waals surface area (Å²) >= 11 is 0. The van der Waals surface area contributed by atoms with Gasteiger partial charge in [-0.3, -0.25) is 14.7 Å². The van der Waals surface area contributed by atoms with Crippen molar-refractivity contribution in [1.82, 2.24) is 10.2 Å². The molecule has 0 aliphatic carbocycles. The fraction of sp³-hybridized carbons (Fsp3) is 0.190. The highest BCUT2D eigenvalue weighted by atomic mass is 16.2. The zero-order valence-electron chi connectivity index (χ0n) is 15.0. The Morgan fingerprint density at radius 2 is 1.96 bits per heavy atom. The molecule has 136 valence electrons. The zero-order valence-corrected chi connectivity index (χ0v) is 15.0. The minimum absolute atomic E-state index is 0.0258. The van der Waals surface area contributed by atoms with Gasteiger partial charge in [-0.05, 0) is 25.1 Å². The molecule has 1 fully saturated rings. The van der Waals surface area contributed by atoms with Crippen molar-refractivity contribution in [2.45, 2.75) is 13.3 Å². The molecule has 1 saturated heterocycles. The van der Waals surface area contributed by atoms with Crippen molar-refractivity contribution in [1.29, 1.82) is 0 Å². The van der Waals surface area contributed by atoms with Gasteiger partial charge in [-0.25, -0.2) is 0 Å². The lowest BCUT2D eigenvalue weighted by atomic mass is 10.0. The highest BCUT2D eigenvalue weighted by Gasteiger charge is 2.35. The van der Waals surface area contributed by atoms with E-state index in [2.05, 4.69) is 15.5 Å². The van der Waals surface area contributed by atoms with Gasteiger partial charge in [-0.15, -0.1) is 0 Å². The van der Waals surface area contributed by atoms with E-state index in [-0.39, 0.29) is 24.2 Å². The number of aromatic amines is 1. The van der Waals surface area contributed by atoms with Crippen molar-refractivity contribution in [3.8, 4) is 11.1 Å². The van der Waals surface area contributed by atoms with Crippen LogP contribution in [0.3, 0.4) is 0 Å². The van der Waals surface area contributed by atoms with E-state index in [9.17, 15) is 9.59 Å². The van der Waals surface area contributed by atoms with Crippen LogP contribution in [0.15, 0.2) is 60.9 Å². The number of hydrogen-bond donors (Lipinski definition) is 2. The number of para-hydroxylation sites is 1. The molecule has 1 atom stereocenters. The Morgan fingerprint density at radius 3 is 2.70 bits per heavy atom. The number of hydrogen-bond acceptors (Lipinski definition) is 3. The SMILES string of the molecule is Cc1ccc(N2C[C@@H](C(=O)Nc3ccccc3-c3cn[nH]c3)CC2=O)cc1. The van der Waals surface area contributed by atoms with E-state index in [0.717, 1.165) is 22.4 Å². The largest absolute Gasteiger partial charge is 0.325 e. The molecule has 6 nitrogen and oxygen atoms in total. The first-order chi connectivity index (χ1) is 13.1. The molecule has 4 rings (SSSR count). The van der Waals surface area contributed by atoms with Crippen molar-refractivity contribution >= 4 is 23.2 Å². The molecular weight excluding hydrogens is 340 g/mol. The number of rotatable bonds is 4. The Kier molecular flexibility index (Phi) is 4.46. The van der Waals surface area contributed by atoms with Gasteiger partial charge in [0.25, 0.3) is 0 Å². The molecule has 2 amide bonds. The minimum Gasteiger partial charge on any atom is -0.325 e. The van der Waals surface area contributed by atoms with Crippen LogP contribution in [0.1, 0.15) is 12.0 Å². The second kappa shape index (κ2) is 7.07. The molecule has 2 heterocycles. The lowest BCUT2D eigenvalue weighted by Crippen LogP contribution is -2.28. The van der Waals surface area contributed by atoms with E-state index in [1.54, 1.807) is 17.3 Å². The maximum absolute atomic E-state index is 12.8. The number of carbonyl (C=O) groups is 2. The lowest BCUT2D eigenvalue weighted by molar-refractivity contribution is -0.122. The molecule has 2 N–H and O–H groups in total. The average Bonchev–Trinajstić information content (AvgIpc) is 3.33. The number of amides is 2. The second-order valence-electron chi connectivity index (χ2n) is 6.76. The number of nitrogens with one attached hydrogen (secondary N) is 2. The molecule has 1 aromatic heterocycles. The molecule has 2 aromatic carbocycles. The maximum Gasteiger partial charge on any atom is 0.229 e. The van der Waals surface area contributed by atoms with Gasteiger partial charge in [0.15, 0.2) is 0 Å². The van der Waals surface area contributed by atoms with Crippen LogP contribution in [0.5, 0.6) is 0 Å². The highest BCUT2D eigenvalue weighted by Crippen LogP contribution is 2.30. The summed E-state index contributed by atoms with van der Waals surface area (Å²) in [5.41, 5.74) is 4.47. The Labute approximate surface area is 157 Å². The first-order valence-corrected chi connectivity index (χ1v) is 8.88. The van der Waals surface area contributed by atoms with Crippen LogP contribution < -0.4 is 10.2 Å². The van der Waals surface area contributed by atoms with Gasteiger partial charge in [0.1, 0.15) is 0 Å². The summed E-state index contributed by atoms with van der Waals surface area (Å²) in [4.78, 5) is 26.9. The van der Waals surface area contributed by atoms with Gasteiger partial charge in [0.05, 0.1) is 12.1 Å². The topological polar surface area (TPSA) is 78.1 Å². The molecule has 0 radical (unpaired) electrons. The predicted octanol–water partition coefficient (Wildman–Crippen LogP) is 3.38. The molecule has 3 aromatic rings. The highest BCUT2D eigenvalue weighted by molar-refractivity contribution is 6.04. The number of H-pyrrole nitrogens is 1. The third-order valence-electron chi connectivity index (χ3n) is 4.84. The quantitative estimate of drug-likeness (QED) is 0.749. The first-order valence-electron chi connectivity index (χ1n) is 8.88. The van der Waals surface area contributed by atoms with Crippen LogP contribution >= 0.6 is 0 Å². The third kappa shape index (κ3) is 3.46. The summed E-state index contributed by atoms with van der Waals surface area (Å²) in [5, 5.41) is 9.73. The Balaban J connectivity index is 1.50. The average molecular weight is 360 g/mol. The Morgan fingerprint density at radius 1 is 1.19 bits per heavy atom. The van der Waals surface area contributed by atoms with E-state index >= 15 is 0 Å². The summed E-state index contributed by atoms with van der Waals surface area (Å²) in [5.74, 6) is -0.549. The van der Waals surface area contributed by atoms with Crippen molar-refractivity contribution in [3.63, 3.8) is 0 Å². The van der Waals surface area contributed by atoms with Gasteiger partial charge in [-0.1, -0.05) is 35.9 Å². The molecular formula is C21H20N4O2. The minimum atomic E-state index is -0.379. The fourth-order valence-electron chi connectivity index (χ4n) is 3.33. The monoisotopic (exact) mass is 360 g/mol. The van der Waals surface area contributed by atoms with Crippen LogP contribution in [-0.2, 0) is 9.59 Å². The van der Waals surface area contributed by atoms with Gasteiger partial charge in [0, 0.05) is 41.7 Å². The Bertz CT molecular complexity index is 964. The summed E-state index contributed by atoms with van der Waals surface area (Å²) in [7, 11) is 0. The maximum atomic E-state index is 12.8. The third-order valence-corrected chi connectivity index (χ3v) is 4.84. The predicted molar refractivity (Wildman–Crippen MR) is 104 cm³/mol. The van der Waals surface area contributed by atoms with Crippen LogP contribution in [0.4, 0.5) is 11.4 Å². The van der Waals surface area contributed by atoms with E-state index in [4.69, 9.17) is 0 Å². The Hall–Kier alpha value is -3.41. The summed E-state index contributed by atoms with van der Waals surface area (Å²) in [6.07, 6.45) is 3.71. The molecule has 0 unspecified atom stereocenters. The van der Waals surface area contributed by atoms with E-state index in [1.807, 2.05) is 55.5 Å².